The highest BCUT2D eigenvalue weighted by atomic mass is 79.9. The van der Waals surface area contributed by atoms with Crippen LogP contribution in [0.4, 0.5) is 0 Å². The molecule has 0 N–H and O–H groups in total. The number of benzene rings is 1. The van der Waals surface area contributed by atoms with Gasteiger partial charge in [0.15, 0.2) is 5.16 Å². The standard InChI is InChI=1S/C17H23BrN2O2S/c1-4-12(3)23-17-19-15-8-7-13(18)11-14(15)16(21)20(17)9-6-10-22-5-2/h7-8,11-12H,4-6,9-10H2,1-3H3. The van der Waals surface area contributed by atoms with Crippen molar-refractivity contribution in [3.05, 3.63) is 33.0 Å². The van der Waals surface area contributed by atoms with E-state index >= 15 is 0 Å². The minimum absolute atomic E-state index is 0.0265. The average Bonchev–Trinajstić information content (AvgIpc) is 2.54. The third kappa shape index (κ3) is 4.81. The van der Waals surface area contributed by atoms with Crippen molar-refractivity contribution in [2.45, 2.75) is 50.6 Å². The highest BCUT2D eigenvalue weighted by molar-refractivity contribution is 9.10. The second-order valence-corrected chi connectivity index (χ2v) is 7.72. The quantitative estimate of drug-likeness (QED) is 0.373. The van der Waals surface area contributed by atoms with E-state index in [-0.39, 0.29) is 5.56 Å². The van der Waals surface area contributed by atoms with Crippen LogP contribution in [-0.4, -0.2) is 28.0 Å². The molecule has 1 unspecified atom stereocenters. The lowest BCUT2D eigenvalue weighted by atomic mass is 10.2. The molecule has 1 heterocycles. The Morgan fingerprint density at radius 3 is 2.87 bits per heavy atom. The molecule has 0 saturated carbocycles. The van der Waals surface area contributed by atoms with Gasteiger partial charge in [-0.05, 0) is 38.0 Å². The van der Waals surface area contributed by atoms with Crippen LogP contribution < -0.4 is 5.56 Å². The summed E-state index contributed by atoms with van der Waals surface area (Å²) in [7, 11) is 0. The second kappa shape index (κ2) is 8.85. The molecule has 0 spiro atoms. The van der Waals surface area contributed by atoms with Gasteiger partial charge in [-0.25, -0.2) is 4.98 Å². The molecule has 23 heavy (non-hydrogen) atoms. The Balaban J connectivity index is 2.42. The molecule has 1 atom stereocenters. The van der Waals surface area contributed by atoms with Crippen molar-refractivity contribution in [3.8, 4) is 0 Å². The van der Waals surface area contributed by atoms with Gasteiger partial charge in [-0.1, -0.05) is 41.5 Å². The van der Waals surface area contributed by atoms with Crippen LogP contribution in [0.25, 0.3) is 10.9 Å². The van der Waals surface area contributed by atoms with Gasteiger partial charge in [-0.2, -0.15) is 0 Å². The molecule has 126 valence electrons. The maximum Gasteiger partial charge on any atom is 0.262 e. The number of hydrogen-bond donors (Lipinski definition) is 0. The first-order valence-electron chi connectivity index (χ1n) is 8.01. The van der Waals surface area contributed by atoms with Crippen molar-refractivity contribution in [2.24, 2.45) is 0 Å². The van der Waals surface area contributed by atoms with Gasteiger partial charge in [0, 0.05) is 29.5 Å². The van der Waals surface area contributed by atoms with Crippen molar-refractivity contribution < 1.29 is 4.74 Å². The summed E-state index contributed by atoms with van der Waals surface area (Å²) in [6, 6.07) is 5.67. The van der Waals surface area contributed by atoms with Gasteiger partial charge in [0.1, 0.15) is 0 Å². The molecular formula is C17H23BrN2O2S. The zero-order chi connectivity index (χ0) is 16.8. The van der Waals surface area contributed by atoms with Crippen molar-refractivity contribution >= 4 is 38.6 Å². The number of aromatic nitrogens is 2. The lowest BCUT2D eigenvalue weighted by Crippen LogP contribution is -2.24. The Morgan fingerprint density at radius 1 is 1.39 bits per heavy atom. The summed E-state index contributed by atoms with van der Waals surface area (Å²) in [6.45, 7) is 8.28. The molecular weight excluding hydrogens is 376 g/mol. The van der Waals surface area contributed by atoms with Crippen LogP contribution in [0.2, 0.25) is 0 Å². The number of rotatable bonds is 8. The molecule has 0 fully saturated rings. The Kier molecular flexibility index (Phi) is 7.11. The minimum Gasteiger partial charge on any atom is -0.382 e. The monoisotopic (exact) mass is 398 g/mol. The zero-order valence-electron chi connectivity index (χ0n) is 13.8. The summed E-state index contributed by atoms with van der Waals surface area (Å²) < 4.78 is 8.09. The lowest BCUT2D eigenvalue weighted by molar-refractivity contribution is 0.140. The maximum atomic E-state index is 12.9. The Labute approximate surface area is 149 Å². The van der Waals surface area contributed by atoms with E-state index in [1.165, 1.54) is 0 Å². The van der Waals surface area contributed by atoms with Gasteiger partial charge < -0.3 is 4.74 Å². The van der Waals surface area contributed by atoms with Gasteiger partial charge in [0.05, 0.1) is 10.9 Å². The van der Waals surface area contributed by atoms with Crippen molar-refractivity contribution in [1.82, 2.24) is 9.55 Å². The predicted octanol–water partition coefficient (Wildman–Crippen LogP) is 4.48. The minimum atomic E-state index is 0.0265. The van der Waals surface area contributed by atoms with Gasteiger partial charge in [-0.15, -0.1) is 0 Å². The normalized spacial score (nSPS) is 12.7. The van der Waals surface area contributed by atoms with E-state index < -0.39 is 0 Å². The highest BCUT2D eigenvalue weighted by Gasteiger charge is 2.14. The van der Waals surface area contributed by atoms with Crippen LogP contribution in [0.3, 0.4) is 0 Å². The summed E-state index contributed by atoms with van der Waals surface area (Å²) in [6.07, 6.45) is 1.85. The average molecular weight is 399 g/mol. The summed E-state index contributed by atoms with van der Waals surface area (Å²) >= 11 is 5.10. The van der Waals surface area contributed by atoms with Crippen LogP contribution in [0.5, 0.6) is 0 Å². The second-order valence-electron chi connectivity index (χ2n) is 5.40. The molecule has 4 nitrogen and oxygen atoms in total. The third-order valence-corrected chi connectivity index (χ3v) is 5.39. The number of ether oxygens (including phenoxy) is 1. The third-order valence-electron chi connectivity index (χ3n) is 3.64. The topological polar surface area (TPSA) is 44.1 Å². The van der Waals surface area contributed by atoms with E-state index in [0.717, 1.165) is 28.0 Å². The largest absolute Gasteiger partial charge is 0.382 e. The van der Waals surface area contributed by atoms with Gasteiger partial charge >= 0.3 is 0 Å². The fourth-order valence-electron chi connectivity index (χ4n) is 2.19. The van der Waals surface area contributed by atoms with Gasteiger partial charge in [-0.3, -0.25) is 9.36 Å². The van der Waals surface area contributed by atoms with Crippen LogP contribution in [0.15, 0.2) is 32.6 Å². The molecule has 0 saturated heterocycles. The Morgan fingerprint density at radius 2 is 2.17 bits per heavy atom. The molecule has 0 radical (unpaired) electrons. The van der Waals surface area contributed by atoms with Crippen LogP contribution >= 0.6 is 27.7 Å². The van der Waals surface area contributed by atoms with Gasteiger partial charge in [0.2, 0.25) is 0 Å². The number of hydrogen-bond acceptors (Lipinski definition) is 4. The zero-order valence-corrected chi connectivity index (χ0v) is 16.2. The molecule has 0 bridgehead atoms. The number of fused-ring (bicyclic) bond motifs is 1. The van der Waals surface area contributed by atoms with Crippen LogP contribution in [0.1, 0.15) is 33.6 Å². The Bertz CT molecular complexity index is 718. The van der Waals surface area contributed by atoms with E-state index in [9.17, 15) is 4.79 Å². The van der Waals surface area contributed by atoms with E-state index in [1.807, 2.05) is 25.1 Å². The molecule has 2 aromatic rings. The number of thioether (sulfide) groups is 1. The molecule has 0 aliphatic rings. The molecule has 1 aromatic carbocycles. The number of nitrogens with zero attached hydrogens (tertiary/aromatic N) is 2. The summed E-state index contributed by atoms with van der Waals surface area (Å²) in [4.78, 5) is 17.6. The molecule has 0 amide bonds. The van der Waals surface area contributed by atoms with Crippen molar-refractivity contribution in [2.75, 3.05) is 13.2 Å². The van der Waals surface area contributed by atoms with E-state index in [4.69, 9.17) is 9.72 Å². The van der Waals surface area contributed by atoms with Crippen LogP contribution in [-0.2, 0) is 11.3 Å². The molecule has 6 heteroatoms. The predicted molar refractivity (Wildman–Crippen MR) is 100 cm³/mol. The highest BCUT2D eigenvalue weighted by Crippen LogP contribution is 2.25. The molecule has 2 rings (SSSR count). The van der Waals surface area contributed by atoms with E-state index in [2.05, 4.69) is 29.8 Å². The number of halogens is 1. The van der Waals surface area contributed by atoms with Crippen LogP contribution in [0, 0.1) is 0 Å². The van der Waals surface area contributed by atoms with E-state index in [1.54, 1.807) is 16.3 Å². The smallest absolute Gasteiger partial charge is 0.262 e. The molecule has 1 aromatic heterocycles. The summed E-state index contributed by atoms with van der Waals surface area (Å²) in [5, 5.41) is 1.88. The fourth-order valence-corrected chi connectivity index (χ4v) is 3.53. The van der Waals surface area contributed by atoms with Crippen molar-refractivity contribution in [3.63, 3.8) is 0 Å². The first-order valence-corrected chi connectivity index (χ1v) is 9.68. The SMILES string of the molecule is CCOCCCn1c(SC(C)CC)nc2ccc(Br)cc2c1=O. The van der Waals surface area contributed by atoms with Crippen molar-refractivity contribution in [1.29, 1.82) is 0 Å². The first-order chi connectivity index (χ1) is 11.1. The van der Waals surface area contributed by atoms with E-state index in [0.29, 0.717) is 30.4 Å². The van der Waals surface area contributed by atoms with Gasteiger partial charge in [0.25, 0.3) is 5.56 Å². The first kappa shape index (κ1) is 18.5. The summed E-state index contributed by atoms with van der Waals surface area (Å²) in [5.74, 6) is 0. The Hall–Kier alpha value is -0.850. The molecule has 0 aliphatic carbocycles. The fraction of sp³-hybridized carbons (Fsp3) is 0.529. The summed E-state index contributed by atoms with van der Waals surface area (Å²) in [5.41, 5.74) is 0.781. The maximum absolute atomic E-state index is 12.9. The lowest BCUT2D eigenvalue weighted by Gasteiger charge is -2.15. The molecule has 0 aliphatic heterocycles.